The molecular formula is C22H23IN6O2S. The molecule has 1 amide bonds. The second-order valence-electron chi connectivity index (χ2n) is 6.52. The molecule has 1 heterocycles. The maximum Gasteiger partial charge on any atom is 0.250 e. The van der Waals surface area contributed by atoms with Gasteiger partial charge in [0.05, 0.1) is 25.6 Å². The van der Waals surface area contributed by atoms with Crippen LogP contribution in [0.2, 0.25) is 0 Å². The molecule has 166 valence electrons. The first kappa shape index (κ1) is 23.8. The van der Waals surface area contributed by atoms with Gasteiger partial charge in [-0.3, -0.25) is 4.79 Å². The van der Waals surface area contributed by atoms with E-state index in [0.717, 1.165) is 22.8 Å². The lowest BCUT2D eigenvalue weighted by Gasteiger charge is -2.09. The van der Waals surface area contributed by atoms with E-state index >= 15 is 0 Å². The second-order valence-corrected chi connectivity index (χ2v) is 8.71. The molecule has 8 nitrogen and oxygen atoms in total. The predicted molar refractivity (Wildman–Crippen MR) is 136 cm³/mol. The fourth-order valence-corrected chi connectivity index (χ4v) is 3.80. The molecule has 0 bridgehead atoms. The summed E-state index contributed by atoms with van der Waals surface area (Å²) in [7, 11) is 1.60. The molecule has 3 aromatic rings. The fraction of sp³-hybridized carbons (Fsp3) is 0.182. The number of nitrogens with one attached hydrogen (secondary N) is 2. The number of rotatable bonds is 11. The Kier molecular flexibility index (Phi) is 9.11. The van der Waals surface area contributed by atoms with Crippen LogP contribution in [0.1, 0.15) is 11.4 Å². The zero-order chi connectivity index (χ0) is 22.8. The topological polar surface area (TPSA) is 93.4 Å². The van der Waals surface area contributed by atoms with Crippen LogP contribution in [0.3, 0.4) is 0 Å². The van der Waals surface area contributed by atoms with Gasteiger partial charge in [-0.2, -0.15) is 5.10 Å². The summed E-state index contributed by atoms with van der Waals surface area (Å²) >= 11 is 3.57. The van der Waals surface area contributed by atoms with Crippen molar-refractivity contribution in [1.82, 2.24) is 20.2 Å². The van der Waals surface area contributed by atoms with Crippen molar-refractivity contribution < 1.29 is 9.53 Å². The number of aromatic nitrogens is 3. The number of amides is 1. The van der Waals surface area contributed by atoms with Crippen molar-refractivity contribution in [2.45, 2.75) is 18.2 Å². The third-order valence-electron chi connectivity index (χ3n) is 4.23. The van der Waals surface area contributed by atoms with E-state index in [0.29, 0.717) is 18.2 Å². The maximum atomic E-state index is 12.2. The van der Waals surface area contributed by atoms with Gasteiger partial charge < -0.3 is 14.6 Å². The summed E-state index contributed by atoms with van der Waals surface area (Å²) < 4.78 is 8.28. The van der Waals surface area contributed by atoms with E-state index in [-0.39, 0.29) is 11.7 Å². The highest BCUT2D eigenvalue weighted by Gasteiger charge is 2.13. The van der Waals surface area contributed by atoms with E-state index in [1.165, 1.54) is 15.3 Å². The van der Waals surface area contributed by atoms with Crippen LogP contribution < -0.4 is 15.5 Å². The molecule has 0 radical (unpaired) electrons. The number of carbonyl (C=O) groups excluding carboxylic acids is 1. The molecule has 0 saturated carbocycles. The van der Waals surface area contributed by atoms with Crippen molar-refractivity contribution in [3.05, 3.63) is 76.1 Å². The van der Waals surface area contributed by atoms with E-state index in [9.17, 15) is 4.79 Å². The van der Waals surface area contributed by atoms with Crippen LogP contribution in [-0.4, -0.2) is 39.7 Å². The summed E-state index contributed by atoms with van der Waals surface area (Å²) in [5.41, 5.74) is 4.35. The number of thioether (sulfide) groups is 1. The largest absolute Gasteiger partial charge is 0.497 e. The van der Waals surface area contributed by atoms with Crippen molar-refractivity contribution in [1.29, 1.82) is 0 Å². The number of nitrogens with zero attached hydrogens (tertiary/aromatic N) is 4. The number of ether oxygens (including phenoxy) is 1. The van der Waals surface area contributed by atoms with Crippen LogP contribution in [0.4, 0.5) is 5.69 Å². The fourth-order valence-electron chi connectivity index (χ4n) is 2.68. The normalized spacial score (nSPS) is 10.8. The quantitative estimate of drug-likeness (QED) is 0.121. The number of allylic oxidation sites excluding steroid dienone is 1. The van der Waals surface area contributed by atoms with Gasteiger partial charge in [0.2, 0.25) is 0 Å². The Morgan fingerprint density at radius 3 is 2.84 bits per heavy atom. The molecule has 0 saturated heterocycles. The summed E-state index contributed by atoms with van der Waals surface area (Å²) in [6.45, 7) is 4.87. The lowest BCUT2D eigenvalue weighted by molar-refractivity contribution is -0.118. The number of hydrazone groups is 1. The molecule has 0 atom stereocenters. The first-order valence-corrected chi connectivity index (χ1v) is 11.8. The molecule has 0 spiro atoms. The number of anilines is 1. The van der Waals surface area contributed by atoms with Crippen LogP contribution in [-0.2, 0) is 17.9 Å². The zero-order valence-corrected chi connectivity index (χ0v) is 20.5. The first-order valence-electron chi connectivity index (χ1n) is 9.70. The minimum atomic E-state index is -0.235. The third-order valence-corrected chi connectivity index (χ3v) is 5.91. The minimum Gasteiger partial charge on any atom is -0.497 e. The Labute approximate surface area is 204 Å². The predicted octanol–water partition coefficient (Wildman–Crippen LogP) is 3.93. The smallest absolute Gasteiger partial charge is 0.250 e. The van der Waals surface area contributed by atoms with Crippen molar-refractivity contribution in [3.63, 3.8) is 0 Å². The van der Waals surface area contributed by atoms with Crippen molar-refractivity contribution in [2.24, 2.45) is 5.10 Å². The molecule has 2 N–H and O–H groups in total. The van der Waals surface area contributed by atoms with Gasteiger partial charge in [0.25, 0.3) is 5.91 Å². The van der Waals surface area contributed by atoms with Crippen LogP contribution >= 0.6 is 34.4 Å². The van der Waals surface area contributed by atoms with E-state index in [1.807, 2.05) is 53.1 Å². The maximum absolute atomic E-state index is 12.2. The zero-order valence-electron chi connectivity index (χ0n) is 17.5. The number of hydrogen-bond acceptors (Lipinski definition) is 7. The van der Waals surface area contributed by atoms with Gasteiger partial charge in [0, 0.05) is 15.8 Å². The molecule has 0 aliphatic carbocycles. The van der Waals surface area contributed by atoms with Crippen molar-refractivity contribution in [2.75, 3.05) is 18.2 Å². The molecule has 0 aliphatic heterocycles. The number of benzene rings is 2. The molecule has 0 aliphatic rings. The van der Waals surface area contributed by atoms with Crippen LogP contribution in [0.15, 0.2) is 71.4 Å². The van der Waals surface area contributed by atoms with Gasteiger partial charge in [-0.25, -0.2) is 5.43 Å². The van der Waals surface area contributed by atoms with E-state index in [2.05, 4.69) is 55.2 Å². The molecule has 3 rings (SSSR count). The Morgan fingerprint density at radius 2 is 2.09 bits per heavy atom. The van der Waals surface area contributed by atoms with Crippen LogP contribution in [0.5, 0.6) is 5.75 Å². The van der Waals surface area contributed by atoms with Gasteiger partial charge in [-0.05, 0) is 64.6 Å². The lowest BCUT2D eigenvalue weighted by atomic mass is 10.2. The van der Waals surface area contributed by atoms with Crippen molar-refractivity contribution in [3.8, 4) is 5.75 Å². The highest BCUT2D eigenvalue weighted by molar-refractivity contribution is 14.1. The van der Waals surface area contributed by atoms with Crippen LogP contribution in [0.25, 0.3) is 0 Å². The molecule has 2 aromatic carbocycles. The average Bonchev–Trinajstić information content (AvgIpc) is 3.19. The van der Waals surface area contributed by atoms with Gasteiger partial charge in [-0.1, -0.05) is 30.0 Å². The first-order chi connectivity index (χ1) is 15.6. The Hall–Kier alpha value is -2.86. The molecule has 32 heavy (non-hydrogen) atoms. The molecule has 1 aromatic heterocycles. The molecular weight excluding hydrogens is 539 g/mol. The van der Waals surface area contributed by atoms with E-state index in [1.54, 1.807) is 19.4 Å². The monoisotopic (exact) mass is 562 g/mol. The summed E-state index contributed by atoms with van der Waals surface area (Å²) in [5, 5.41) is 16.5. The lowest BCUT2D eigenvalue weighted by Crippen LogP contribution is -2.20. The average molecular weight is 562 g/mol. The van der Waals surface area contributed by atoms with Gasteiger partial charge in [0.1, 0.15) is 5.75 Å². The summed E-state index contributed by atoms with van der Waals surface area (Å²) in [4.78, 5) is 12.2. The van der Waals surface area contributed by atoms with E-state index < -0.39 is 0 Å². The van der Waals surface area contributed by atoms with Crippen molar-refractivity contribution >= 4 is 52.2 Å². The SMILES string of the molecule is C=CCn1c(CNc2ccc(I)cc2)nnc1SCC(=O)N/N=C/c1cccc(OC)c1. The van der Waals surface area contributed by atoms with Gasteiger partial charge in [0.15, 0.2) is 11.0 Å². The number of carbonyl (C=O) groups is 1. The summed E-state index contributed by atoms with van der Waals surface area (Å²) in [6.07, 6.45) is 3.35. The minimum absolute atomic E-state index is 0.162. The second kappa shape index (κ2) is 12.2. The highest BCUT2D eigenvalue weighted by atomic mass is 127. The van der Waals surface area contributed by atoms with E-state index in [4.69, 9.17) is 4.74 Å². The molecule has 0 unspecified atom stereocenters. The molecule has 0 fully saturated rings. The molecule has 10 heteroatoms. The highest BCUT2D eigenvalue weighted by Crippen LogP contribution is 2.18. The van der Waals surface area contributed by atoms with Gasteiger partial charge in [-0.15, -0.1) is 16.8 Å². The van der Waals surface area contributed by atoms with Crippen LogP contribution in [0, 0.1) is 3.57 Å². The number of halogens is 1. The number of hydrogen-bond donors (Lipinski definition) is 2. The summed E-state index contributed by atoms with van der Waals surface area (Å²) in [5.74, 6) is 1.42. The standard InChI is InChI=1S/C22H23IN6O2S/c1-3-11-29-20(14-24-18-9-7-17(23)8-10-18)26-28-22(29)32-15-21(30)27-25-13-16-5-4-6-19(12-16)31-2/h3-10,12-13,24H,1,11,14-15H2,2H3,(H,27,30)/b25-13+. The Morgan fingerprint density at radius 1 is 1.28 bits per heavy atom. The Bertz CT molecular complexity index is 1080. The third kappa shape index (κ3) is 7.09. The van der Waals surface area contributed by atoms with Gasteiger partial charge >= 0.3 is 0 Å². The summed E-state index contributed by atoms with van der Waals surface area (Å²) in [6, 6.07) is 15.5. The Balaban J connectivity index is 1.54. The number of methoxy groups -OCH3 is 1.